The highest BCUT2D eigenvalue weighted by atomic mass is 16.7. The number of aliphatic hydroxyl groups excluding tert-OH is 5. The van der Waals surface area contributed by atoms with Crippen LogP contribution in [-0.2, 0) is 14.3 Å². The number of hydrogen-bond donors (Lipinski definition) is 6. The predicted octanol–water partition coefficient (Wildman–Crippen LogP) is 14.3. The second-order valence-electron chi connectivity index (χ2n) is 19.3. The van der Waals surface area contributed by atoms with E-state index in [0.29, 0.717) is 6.42 Å². The first-order chi connectivity index (χ1) is 35.3. The number of carbonyl (C=O) groups excluding carboxylic acids is 1. The molecule has 1 amide bonds. The summed E-state index contributed by atoms with van der Waals surface area (Å²) in [5, 5.41) is 54.4. The molecule has 0 aliphatic carbocycles. The summed E-state index contributed by atoms with van der Waals surface area (Å²) in [7, 11) is 0. The highest BCUT2D eigenvalue weighted by molar-refractivity contribution is 5.76. The fraction of sp³-hybridized carbons (Fsp3) is 0.667. The summed E-state index contributed by atoms with van der Waals surface area (Å²) in [5.74, 6) is -0.203. The summed E-state index contributed by atoms with van der Waals surface area (Å²) in [4.78, 5) is 13.1. The number of ether oxygens (including phenoxy) is 2. The Labute approximate surface area is 439 Å². The average Bonchev–Trinajstić information content (AvgIpc) is 3.38. The summed E-state index contributed by atoms with van der Waals surface area (Å²) in [5.41, 5.74) is 0. The van der Waals surface area contributed by atoms with Crippen molar-refractivity contribution in [2.75, 3.05) is 13.2 Å². The SMILES string of the molecule is CC/C=C\C/C=C\C/C=C\C/C=C\C/C=C\C/C=C\C/C=C\CCCCCCCCCCCC(=O)NC(COC1OC(CO)C(O)C(O)C1O)C(O)/C=C/CC/C=C/CC/C=C/CCCCCCCCCC. The maximum Gasteiger partial charge on any atom is 0.220 e. The van der Waals surface area contributed by atoms with Crippen molar-refractivity contribution in [1.29, 1.82) is 0 Å². The minimum atomic E-state index is -1.58. The Hall–Kier alpha value is -3.41. The fourth-order valence-electron chi connectivity index (χ4n) is 8.23. The van der Waals surface area contributed by atoms with Crippen molar-refractivity contribution in [2.45, 2.75) is 256 Å². The number of unbranched alkanes of at least 4 members (excludes halogenated alkanes) is 19. The molecule has 0 bridgehead atoms. The molecule has 72 heavy (non-hydrogen) atoms. The van der Waals surface area contributed by atoms with E-state index in [0.717, 1.165) is 109 Å². The van der Waals surface area contributed by atoms with E-state index in [2.05, 4.69) is 129 Å². The van der Waals surface area contributed by atoms with Gasteiger partial charge in [-0.05, 0) is 103 Å². The Kier molecular flexibility index (Phi) is 47.3. The molecule has 0 saturated carbocycles. The molecule has 7 atom stereocenters. The maximum absolute atomic E-state index is 13.1. The van der Waals surface area contributed by atoms with Gasteiger partial charge in [-0.25, -0.2) is 0 Å². The first kappa shape index (κ1) is 66.6. The van der Waals surface area contributed by atoms with Crippen molar-refractivity contribution < 1.29 is 39.8 Å². The van der Waals surface area contributed by atoms with Crippen LogP contribution < -0.4 is 5.32 Å². The molecule has 0 radical (unpaired) electrons. The lowest BCUT2D eigenvalue weighted by Crippen LogP contribution is -2.60. The fourth-order valence-corrected chi connectivity index (χ4v) is 8.23. The summed E-state index contributed by atoms with van der Waals surface area (Å²) in [6, 6.07) is -0.840. The molecule has 0 spiro atoms. The molecule has 0 aromatic carbocycles. The maximum atomic E-state index is 13.1. The predicted molar refractivity (Wildman–Crippen MR) is 304 cm³/mol. The second kappa shape index (κ2) is 51.1. The van der Waals surface area contributed by atoms with Crippen molar-refractivity contribution >= 4 is 5.91 Å². The zero-order chi connectivity index (χ0) is 52.2. The van der Waals surface area contributed by atoms with Crippen molar-refractivity contribution in [3.8, 4) is 0 Å². The largest absolute Gasteiger partial charge is 0.394 e. The molecular weight excluding hydrogens is 899 g/mol. The lowest BCUT2D eigenvalue weighted by Gasteiger charge is -2.40. The molecule has 6 N–H and O–H groups in total. The number of amides is 1. The lowest BCUT2D eigenvalue weighted by atomic mass is 9.99. The second-order valence-corrected chi connectivity index (χ2v) is 19.3. The Morgan fingerprint density at radius 2 is 0.875 bits per heavy atom. The molecule has 1 aliphatic heterocycles. The van der Waals surface area contributed by atoms with Gasteiger partial charge in [0.15, 0.2) is 6.29 Å². The molecule has 1 aliphatic rings. The quantitative estimate of drug-likeness (QED) is 0.0261. The number of hydrogen-bond acceptors (Lipinski definition) is 8. The van der Waals surface area contributed by atoms with Crippen LogP contribution in [0.3, 0.4) is 0 Å². The van der Waals surface area contributed by atoms with Gasteiger partial charge in [0.1, 0.15) is 24.4 Å². The van der Waals surface area contributed by atoms with Crippen LogP contribution in [0.15, 0.2) is 122 Å². The minimum absolute atomic E-state index is 0.203. The molecule has 0 aromatic heterocycles. The Morgan fingerprint density at radius 3 is 1.33 bits per heavy atom. The summed E-state index contributed by atoms with van der Waals surface area (Å²) >= 11 is 0. The van der Waals surface area contributed by atoms with E-state index >= 15 is 0 Å². The van der Waals surface area contributed by atoms with Gasteiger partial charge in [0.25, 0.3) is 0 Å². The van der Waals surface area contributed by atoms with Gasteiger partial charge in [-0.2, -0.15) is 0 Å². The molecule has 1 saturated heterocycles. The van der Waals surface area contributed by atoms with Gasteiger partial charge in [0.2, 0.25) is 5.91 Å². The number of rotatable bonds is 47. The molecule has 410 valence electrons. The van der Waals surface area contributed by atoms with E-state index in [-0.39, 0.29) is 12.5 Å². The standard InChI is InChI=1S/C63H105NO8/c1-3-5-7-9-11-13-15-17-19-21-23-24-25-26-27-28-29-30-31-32-33-34-35-37-39-41-43-45-47-49-51-53-59(67)64-56(55-71-63-62(70)61(69)60(68)58(54-65)72-63)57(66)52-50-48-46-44-42-40-38-36-22-20-18-16-14-12-10-8-6-4-2/h5,7,11,13,17,19,22-24,26-27,29-30,32-33,36,42,44,50,52,56-58,60-63,65-66,68-70H,3-4,6,8-10,12,14-16,18,20-21,25,28,31,34-35,37-41,43,45-49,51,53-55H2,1-2H3,(H,64,67)/b7-5-,13-11-,19-17-,24-23-,27-26-,30-29-,33-32-,36-22+,44-42+,52-50+. The van der Waals surface area contributed by atoms with Crippen LogP contribution >= 0.6 is 0 Å². The number of allylic oxidation sites excluding steroid dienone is 19. The smallest absolute Gasteiger partial charge is 0.220 e. The first-order valence-electron chi connectivity index (χ1n) is 28.8. The Balaban J connectivity index is 2.26. The van der Waals surface area contributed by atoms with Gasteiger partial charge >= 0.3 is 0 Å². The molecule has 7 unspecified atom stereocenters. The third-order valence-corrected chi connectivity index (χ3v) is 12.7. The zero-order valence-electron chi connectivity index (χ0n) is 45.4. The highest BCUT2D eigenvalue weighted by Gasteiger charge is 2.44. The molecule has 9 heteroatoms. The number of nitrogens with one attached hydrogen (secondary N) is 1. The van der Waals surface area contributed by atoms with E-state index < -0.39 is 49.5 Å². The van der Waals surface area contributed by atoms with Crippen molar-refractivity contribution in [2.24, 2.45) is 0 Å². The van der Waals surface area contributed by atoms with E-state index in [9.17, 15) is 30.3 Å². The van der Waals surface area contributed by atoms with Crippen molar-refractivity contribution in [1.82, 2.24) is 5.32 Å². The van der Waals surface area contributed by atoms with E-state index in [1.54, 1.807) is 6.08 Å². The number of aliphatic hydroxyl groups is 5. The molecule has 1 heterocycles. The molecular formula is C63H105NO8. The third-order valence-electron chi connectivity index (χ3n) is 12.7. The van der Waals surface area contributed by atoms with E-state index in [1.165, 1.54) is 83.5 Å². The van der Waals surface area contributed by atoms with Crippen LogP contribution in [0.1, 0.15) is 213 Å². The van der Waals surface area contributed by atoms with Crippen LogP contribution in [0.4, 0.5) is 0 Å². The van der Waals surface area contributed by atoms with E-state index in [4.69, 9.17) is 9.47 Å². The number of carbonyl (C=O) groups is 1. The molecule has 9 nitrogen and oxygen atoms in total. The molecule has 0 aromatic rings. The zero-order valence-corrected chi connectivity index (χ0v) is 45.4. The van der Waals surface area contributed by atoms with E-state index in [1.807, 2.05) is 6.08 Å². The Morgan fingerprint density at radius 1 is 0.486 bits per heavy atom. The van der Waals surface area contributed by atoms with Crippen LogP contribution in [-0.4, -0.2) is 87.5 Å². The van der Waals surface area contributed by atoms with Gasteiger partial charge in [0.05, 0.1) is 25.4 Å². The molecule has 1 fully saturated rings. The van der Waals surface area contributed by atoms with Crippen LogP contribution in [0.5, 0.6) is 0 Å². The highest BCUT2D eigenvalue weighted by Crippen LogP contribution is 2.23. The van der Waals surface area contributed by atoms with Gasteiger partial charge in [-0.3, -0.25) is 4.79 Å². The Bertz CT molecular complexity index is 1540. The van der Waals surface area contributed by atoms with Gasteiger partial charge in [-0.1, -0.05) is 225 Å². The van der Waals surface area contributed by atoms with Gasteiger partial charge in [0, 0.05) is 6.42 Å². The topological polar surface area (TPSA) is 149 Å². The van der Waals surface area contributed by atoms with Crippen molar-refractivity contribution in [3.05, 3.63) is 122 Å². The normalized spacial score (nSPS) is 20.1. The van der Waals surface area contributed by atoms with Gasteiger partial charge < -0.3 is 40.3 Å². The molecule has 1 rings (SSSR count). The van der Waals surface area contributed by atoms with Gasteiger partial charge in [-0.15, -0.1) is 0 Å². The third kappa shape index (κ3) is 40.0. The van der Waals surface area contributed by atoms with Crippen LogP contribution in [0.25, 0.3) is 0 Å². The monoisotopic (exact) mass is 1000 g/mol. The van der Waals surface area contributed by atoms with Crippen LogP contribution in [0, 0.1) is 0 Å². The lowest BCUT2D eigenvalue weighted by molar-refractivity contribution is -0.302. The summed E-state index contributed by atoms with van der Waals surface area (Å²) in [6.45, 7) is 3.62. The van der Waals surface area contributed by atoms with Crippen molar-refractivity contribution in [3.63, 3.8) is 0 Å². The summed E-state index contributed by atoms with van der Waals surface area (Å²) < 4.78 is 11.2. The summed E-state index contributed by atoms with van der Waals surface area (Å²) in [6.07, 6.45) is 69.7. The van der Waals surface area contributed by atoms with Crippen LogP contribution in [0.2, 0.25) is 0 Å². The minimum Gasteiger partial charge on any atom is -0.394 e. The average molecular weight is 1000 g/mol. The first-order valence-corrected chi connectivity index (χ1v) is 28.8.